The molecule has 0 aliphatic rings. The van der Waals surface area contributed by atoms with Crippen LogP contribution in [0.2, 0.25) is 5.02 Å². The van der Waals surface area contributed by atoms with Crippen molar-refractivity contribution in [2.24, 2.45) is 0 Å². The van der Waals surface area contributed by atoms with Crippen LogP contribution in [-0.2, 0) is 14.3 Å². The third kappa shape index (κ3) is 6.76. The Bertz CT molecular complexity index is 870. The van der Waals surface area contributed by atoms with E-state index in [2.05, 4.69) is 17.2 Å². The van der Waals surface area contributed by atoms with Crippen molar-refractivity contribution in [1.29, 1.82) is 0 Å². The lowest BCUT2D eigenvalue weighted by Crippen LogP contribution is -2.37. The number of amides is 2. The van der Waals surface area contributed by atoms with Crippen molar-refractivity contribution in [3.05, 3.63) is 83.4 Å². The van der Waals surface area contributed by atoms with Gasteiger partial charge in [-0.25, -0.2) is 0 Å². The molecule has 2 aromatic carbocycles. The molecule has 0 unspecified atom stereocenters. The predicted octanol–water partition coefficient (Wildman–Crippen LogP) is 3.44. The van der Waals surface area contributed by atoms with Gasteiger partial charge in [0.15, 0.2) is 6.10 Å². The van der Waals surface area contributed by atoms with E-state index in [1.807, 2.05) is 6.07 Å². The van der Waals surface area contributed by atoms with Crippen LogP contribution in [0.3, 0.4) is 0 Å². The number of nitrogens with one attached hydrogen (secondary N) is 2. The molecule has 2 N–H and O–H groups in total. The maximum absolute atomic E-state index is 12.7. The quantitative estimate of drug-likeness (QED) is 0.486. The first kappa shape index (κ1) is 22.2. The molecule has 2 amide bonds. The molecule has 29 heavy (non-hydrogen) atoms. The van der Waals surface area contributed by atoms with Gasteiger partial charge in [0.05, 0.1) is 23.0 Å². The Kier molecular flexibility index (Phi) is 8.43. The van der Waals surface area contributed by atoms with Crippen LogP contribution in [-0.4, -0.2) is 30.4 Å². The number of carbonyl (C=O) groups excluding carboxylic acids is 3. The number of halogens is 1. The summed E-state index contributed by atoms with van der Waals surface area (Å²) >= 11 is 6.10. The average Bonchev–Trinajstić information content (AvgIpc) is 2.72. The maximum atomic E-state index is 12.7. The van der Waals surface area contributed by atoms with Gasteiger partial charge in [-0.2, -0.15) is 0 Å². The monoisotopic (exact) mass is 414 g/mol. The van der Waals surface area contributed by atoms with Crippen molar-refractivity contribution < 1.29 is 19.1 Å². The lowest BCUT2D eigenvalue weighted by atomic mass is 10.0. The molecule has 0 aliphatic heterocycles. The summed E-state index contributed by atoms with van der Waals surface area (Å²) in [6.07, 6.45) is 0.430. The van der Waals surface area contributed by atoms with E-state index in [-0.39, 0.29) is 13.0 Å². The largest absolute Gasteiger partial charge is 0.452 e. The SMILES string of the molecule is C=CCNC(=O)[C@H](C)OC(=O)C[C@H](NC(=O)c1ccccc1Cl)c1ccccc1. The van der Waals surface area contributed by atoms with E-state index in [1.165, 1.54) is 13.0 Å². The van der Waals surface area contributed by atoms with Crippen LogP contribution in [0, 0.1) is 0 Å². The summed E-state index contributed by atoms with van der Waals surface area (Å²) in [7, 11) is 0. The Hall–Kier alpha value is -3.12. The number of carbonyl (C=O) groups is 3. The summed E-state index contributed by atoms with van der Waals surface area (Å²) < 4.78 is 5.21. The summed E-state index contributed by atoms with van der Waals surface area (Å²) in [6, 6.07) is 15.0. The third-order valence-electron chi connectivity index (χ3n) is 4.09. The third-order valence-corrected chi connectivity index (χ3v) is 4.42. The van der Waals surface area contributed by atoms with Gasteiger partial charge in [-0.3, -0.25) is 14.4 Å². The van der Waals surface area contributed by atoms with Crippen LogP contribution in [0.25, 0.3) is 0 Å². The predicted molar refractivity (Wildman–Crippen MR) is 111 cm³/mol. The highest BCUT2D eigenvalue weighted by molar-refractivity contribution is 6.33. The smallest absolute Gasteiger partial charge is 0.309 e. The highest BCUT2D eigenvalue weighted by atomic mass is 35.5. The normalized spacial score (nSPS) is 12.3. The molecule has 6 nitrogen and oxygen atoms in total. The van der Waals surface area contributed by atoms with Crippen LogP contribution in [0.15, 0.2) is 67.3 Å². The second kappa shape index (κ2) is 11.0. The Labute approximate surface area is 174 Å². The molecule has 0 spiro atoms. The lowest BCUT2D eigenvalue weighted by molar-refractivity contribution is -0.155. The standard InChI is InChI=1S/C22H23ClN2O4/c1-3-13-24-21(27)15(2)29-20(26)14-19(16-9-5-4-6-10-16)25-22(28)17-11-7-8-12-18(17)23/h3-12,15,19H,1,13-14H2,2H3,(H,24,27)(H,25,28)/t15-,19-/m0/s1. The van der Waals surface area contributed by atoms with Crippen LogP contribution in [0.1, 0.15) is 35.3 Å². The van der Waals surface area contributed by atoms with E-state index in [9.17, 15) is 14.4 Å². The van der Waals surface area contributed by atoms with Crippen molar-refractivity contribution in [3.8, 4) is 0 Å². The van der Waals surface area contributed by atoms with Crippen LogP contribution in [0.4, 0.5) is 0 Å². The zero-order valence-corrected chi connectivity index (χ0v) is 16.8. The molecule has 0 aromatic heterocycles. The van der Waals surface area contributed by atoms with Crippen molar-refractivity contribution in [2.45, 2.75) is 25.5 Å². The van der Waals surface area contributed by atoms with Crippen molar-refractivity contribution in [2.75, 3.05) is 6.54 Å². The van der Waals surface area contributed by atoms with Crippen LogP contribution in [0.5, 0.6) is 0 Å². The van der Waals surface area contributed by atoms with E-state index < -0.39 is 29.9 Å². The summed E-state index contributed by atoms with van der Waals surface area (Å²) in [5, 5.41) is 5.70. The van der Waals surface area contributed by atoms with E-state index in [4.69, 9.17) is 16.3 Å². The second-order valence-electron chi connectivity index (χ2n) is 6.29. The number of ether oxygens (including phenoxy) is 1. The molecule has 0 radical (unpaired) electrons. The van der Waals surface area contributed by atoms with Crippen molar-refractivity contribution in [1.82, 2.24) is 10.6 Å². The highest BCUT2D eigenvalue weighted by Gasteiger charge is 2.24. The molecular formula is C22H23ClN2O4. The zero-order chi connectivity index (χ0) is 21.2. The first-order valence-corrected chi connectivity index (χ1v) is 9.48. The Morgan fingerprint density at radius 3 is 2.41 bits per heavy atom. The van der Waals surface area contributed by atoms with Gasteiger partial charge < -0.3 is 15.4 Å². The maximum Gasteiger partial charge on any atom is 0.309 e. The fraction of sp³-hybridized carbons (Fsp3) is 0.227. The molecule has 2 aromatic rings. The van der Waals surface area contributed by atoms with Gasteiger partial charge >= 0.3 is 5.97 Å². The van der Waals surface area contributed by atoms with Crippen LogP contribution >= 0.6 is 11.6 Å². The minimum absolute atomic E-state index is 0.140. The number of hydrogen-bond donors (Lipinski definition) is 2. The number of benzene rings is 2. The van der Waals surface area contributed by atoms with Gasteiger partial charge in [-0.1, -0.05) is 60.1 Å². The molecule has 2 rings (SSSR count). The zero-order valence-electron chi connectivity index (χ0n) is 16.1. The van der Waals surface area contributed by atoms with Gasteiger partial charge in [0.1, 0.15) is 0 Å². The topological polar surface area (TPSA) is 84.5 Å². The first-order valence-electron chi connectivity index (χ1n) is 9.10. The minimum atomic E-state index is -0.960. The van der Waals surface area contributed by atoms with Gasteiger partial charge in [-0.05, 0) is 24.6 Å². The highest BCUT2D eigenvalue weighted by Crippen LogP contribution is 2.21. The van der Waals surface area contributed by atoms with Crippen molar-refractivity contribution in [3.63, 3.8) is 0 Å². The van der Waals surface area contributed by atoms with Gasteiger partial charge in [0.25, 0.3) is 11.8 Å². The molecular weight excluding hydrogens is 392 g/mol. The van der Waals surface area contributed by atoms with Crippen LogP contribution < -0.4 is 10.6 Å². The van der Waals surface area contributed by atoms with E-state index >= 15 is 0 Å². The first-order chi connectivity index (χ1) is 13.9. The fourth-order valence-electron chi connectivity index (χ4n) is 2.60. The lowest BCUT2D eigenvalue weighted by Gasteiger charge is -2.20. The molecule has 2 atom stereocenters. The molecule has 0 saturated heterocycles. The molecule has 0 bridgehead atoms. The summed E-state index contributed by atoms with van der Waals surface area (Å²) in [6.45, 7) is 5.27. The van der Waals surface area contributed by atoms with Gasteiger partial charge in [0, 0.05) is 6.54 Å². The molecule has 7 heteroatoms. The second-order valence-corrected chi connectivity index (χ2v) is 6.69. The van der Waals surface area contributed by atoms with E-state index in [0.29, 0.717) is 10.6 Å². The minimum Gasteiger partial charge on any atom is -0.452 e. The Morgan fingerprint density at radius 2 is 1.76 bits per heavy atom. The number of hydrogen-bond acceptors (Lipinski definition) is 4. The van der Waals surface area contributed by atoms with Crippen molar-refractivity contribution >= 4 is 29.4 Å². The molecule has 0 heterocycles. The molecule has 152 valence electrons. The molecule has 0 fully saturated rings. The number of rotatable bonds is 9. The summed E-state index contributed by atoms with van der Waals surface area (Å²) in [5.41, 5.74) is 1.04. The van der Waals surface area contributed by atoms with E-state index in [0.717, 1.165) is 5.56 Å². The summed E-state index contributed by atoms with van der Waals surface area (Å²) in [4.78, 5) is 36.9. The Balaban J connectivity index is 2.10. The molecule has 0 saturated carbocycles. The fourth-order valence-corrected chi connectivity index (χ4v) is 2.82. The Morgan fingerprint density at radius 1 is 1.10 bits per heavy atom. The summed E-state index contributed by atoms with van der Waals surface area (Å²) in [5.74, 6) is -1.44. The van der Waals surface area contributed by atoms with Gasteiger partial charge in [0.2, 0.25) is 0 Å². The van der Waals surface area contributed by atoms with E-state index in [1.54, 1.807) is 48.5 Å². The average molecular weight is 415 g/mol. The number of esters is 1. The van der Waals surface area contributed by atoms with Gasteiger partial charge in [-0.15, -0.1) is 6.58 Å². The molecule has 0 aliphatic carbocycles.